The van der Waals surface area contributed by atoms with Crippen molar-refractivity contribution in [2.24, 2.45) is 0 Å². The van der Waals surface area contributed by atoms with Gasteiger partial charge in [-0.1, -0.05) is 6.08 Å². The average molecular weight is 216 g/mol. The van der Waals surface area contributed by atoms with E-state index in [0.29, 0.717) is 13.2 Å². The highest BCUT2D eigenvalue weighted by atomic mass is 16.6. The van der Waals surface area contributed by atoms with Gasteiger partial charge in [0.05, 0.1) is 25.4 Å². The van der Waals surface area contributed by atoms with Crippen molar-refractivity contribution in [1.29, 1.82) is 0 Å². The van der Waals surface area contributed by atoms with Gasteiger partial charge in [-0.25, -0.2) is 0 Å². The van der Waals surface area contributed by atoms with Gasteiger partial charge in [0.25, 0.3) is 0 Å². The molecule has 0 saturated carbocycles. The molecule has 0 radical (unpaired) electrons. The van der Waals surface area contributed by atoms with E-state index >= 15 is 0 Å². The van der Waals surface area contributed by atoms with Gasteiger partial charge in [-0.3, -0.25) is 4.79 Å². The second kappa shape index (κ2) is 8.44. The van der Waals surface area contributed by atoms with Crippen LogP contribution in [0, 0.1) is 0 Å². The Hall–Kier alpha value is -0.870. The molecular formula is C11H20O4. The second-order valence-corrected chi connectivity index (χ2v) is 3.38. The molecule has 4 heteroatoms. The van der Waals surface area contributed by atoms with Crippen molar-refractivity contribution in [1.82, 2.24) is 0 Å². The summed E-state index contributed by atoms with van der Waals surface area (Å²) < 4.78 is 15.5. The first kappa shape index (κ1) is 14.1. The molecule has 0 spiro atoms. The van der Waals surface area contributed by atoms with Gasteiger partial charge in [-0.05, 0) is 13.8 Å². The number of esters is 1. The molecule has 0 fully saturated rings. The lowest BCUT2D eigenvalue weighted by molar-refractivity contribution is -0.145. The molecule has 4 nitrogen and oxygen atoms in total. The fraction of sp³-hybridized carbons (Fsp3) is 0.727. The molecule has 0 aliphatic heterocycles. The maximum absolute atomic E-state index is 10.5. The first-order valence-corrected chi connectivity index (χ1v) is 5.03. The highest BCUT2D eigenvalue weighted by Gasteiger charge is 2.07. The van der Waals surface area contributed by atoms with Gasteiger partial charge in [-0.15, -0.1) is 6.58 Å². The van der Waals surface area contributed by atoms with Gasteiger partial charge in [0.15, 0.2) is 0 Å². The fourth-order valence-corrected chi connectivity index (χ4v) is 0.863. The van der Waals surface area contributed by atoms with Crippen molar-refractivity contribution in [3.63, 3.8) is 0 Å². The van der Waals surface area contributed by atoms with Gasteiger partial charge in [-0.2, -0.15) is 0 Å². The zero-order valence-electron chi connectivity index (χ0n) is 9.69. The lowest BCUT2D eigenvalue weighted by Gasteiger charge is -2.16. The largest absolute Gasteiger partial charge is 0.463 e. The monoisotopic (exact) mass is 216 g/mol. The van der Waals surface area contributed by atoms with E-state index in [0.717, 1.165) is 0 Å². The third kappa shape index (κ3) is 9.43. The summed E-state index contributed by atoms with van der Waals surface area (Å²) in [7, 11) is 0. The van der Waals surface area contributed by atoms with Crippen molar-refractivity contribution in [2.45, 2.75) is 33.0 Å². The van der Waals surface area contributed by atoms with E-state index in [1.807, 2.05) is 13.8 Å². The minimum Gasteiger partial charge on any atom is -0.463 e. The van der Waals surface area contributed by atoms with Crippen LogP contribution in [0.3, 0.4) is 0 Å². The molecule has 0 amide bonds. The van der Waals surface area contributed by atoms with E-state index in [-0.39, 0.29) is 24.8 Å². The highest BCUT2D eigenvalue weighted by molar-refractivity contribution is 5.65. The van der Waals surface area contributed by atoms with Crippen LogP contribution in [0.2, 0.25) is 0 Å². The lowest BCUT2D eigenvalue weighted by atomic mass is 10.4. The molecule has 0 rings (SSSR count). The summed E-state index contributed by atoms with van der Waals surface area (Å²) in [5.74, 6) is -0.290. The predicted octanol–water partition coefficient (Wildman–Crippen LogP) is 1.55. The van der Waals surface area contributed by atoms with E-state index < -0.39 is 0 Å². The van der Waals surface area contributed by atoms with E-state index in [4.69, 9.17) is 14.2 Å². The molecular weight excluding hydrogens is 196 g/mol. The molecule has 0 aromatic heterocycles. The molecule has 0 aliphatic rings. The molecule has 0 aromatic carbocycles. The van der Waals surface area contributed by atoms with Crippen LogP contribution in [0.15, 0.2) is 12.7 Å². The minimum atomic E-state index is -0.290. The number of hydrogen-bond acceptors (Lipinski definition) is 4. The quantitative estimate of drug-likeness (QED) is 0.456. The van der Waals surface area contributed by atoms with Gasteiger partial charge < -0.3 is 14.2 Å². The Bertz CT molecular complexity index is 191. The molecule has 2 unspecified atom stereocenters. The molecule has 0 N–H and O–H groups in total. The molecule has 0 aromatic rings. The Morgan fingerprint density at radius 1 is 1.27 bits per heavy atom. The fourth-order valence-electron chi connectivity index (χ4n) is 0.863. The summed E-state index contributed by atoms with van der Waals surface area (Å²) >= 11 is 0. The normalized spacial score (nSPS) is 14.3. The Morgan fingerprint density at radius 2 is 1.87 bits per heavy atom. The van der Waals surface area contributed by atoms with Crippen LogP contribution in [0.4, 0.5) is 0 Å². The zero-order valence-corrected chi connectivity index (χ0v) is 9.69. The summed E-state index contributed by atoms with van der Waals surface area (Å²) in [5, 5.41) is 0. The Kier molecular flexibility index (Phi) is 7.95. The minimum absolute atomic E-state index is 0.0165. The lowest BCUT2D eigenvalue weighted by Crippen LogP contribution is -2.24. The predicted molar refractivity (Wildman–Crippen MR) is 57.7 cm³/mol. The maximum Gasteiger partial charge on any atom is 0.302 e. The smallest absolute Gasteiger partial charge is 0.302 e. The number of carbonyl (C=O) groups excluding carboxylic acids is 1. The van der Waals surface area contributed by atoms with E-state index in [1.165, 1.54) is 6.92 Å². The number of carbonyl (C=O) groups is 1. The molecule has 0 bridgehead atoms. The standard InChI is InChI=1S/C11H20O4/c1-5-6-13-9(2)7-14-10(3)8-15-11(4)12/h5,9-10H,1,6-8H2,2-4H3. The van der Waals surface area contributed by atoms with E-state index in [2.05, 4.69) is 6.58 Å². The van der Waals surface area contributed by atoms with Crippen molar-refractivity contribution in [2.75, 3.05) is 19.8 Å². The van der Waals surface area contributed by atoms with Gasteiger partial charge in [0, 0.05) is 6.92 Å². The van der Waals surface area contributed by atoms with Crippen LogP contribution in [0.5, 0.6) is 0 Å². The third-order valence-electron chi connectivity index (χ3n) is 1.64. The van der Waals surface area contributed by atoms with Crippen molar-refractivity contribution in [3.05, 3.63) is 12.7 Å². The molecule has 15 heavy (non-hydrogen) atoms. The van der Waals surface area contributed by atoms with Crippen molar-refractivity contribution < 1.29 is 19.0 Å². The van der Waals surface area contributed by atoms with Gasteiger partial charge >= 0.3 is 5.97 Å². The summed E-state index contributed by atoms with van der Waals surface area (Å²) in [6, 6.07) is 0. The van der Waals surface area contributed by atoms with Crippen molar-refractivity contribution in [3.8, 4) is 0 Å². The molecule has 0 saturated heterocycles. The number of rotatable bonds is 8. The van der Waals surface area contributed by atoms with Crippen LogP contribution in [-0.4, -0.2) is 38.0 Å². The first-order valence-electron chi connectivity index (χ1n) is 5.03. The molecule has 88 valence electrons. The second-order valence-electron chi connectivity index (χ2n) is 3.38. The SMILES string of the molecule is C=CCOC(C)COC(C)COC(C)=O. The molecule has 2 atom stereocenters. The topological polar surface area (TPSA) is 44.8 Å². The first-order chi connectivity index (χ1) is 7.06. The van der Waals surface area contributed by atoms with E-state index in [9.17, 15) is 4.79 Å². The maximum atomic E-state index is 10.5. The Morgan fingerprint density at radius 3 is 2.40 bits per heavy atom. The van der Waals surface area contributed by atoms with Crippen LogP contribution in [0.1, 0.15) is 20.8 Å². The van der Waals surface area contributed by atoms with Gasteiger partial charge in [0.2, 0.25) is 0 Å². The summed E-state index contributed by atoms with van der Waals surface area (Å²) in [6.07, 6.45) is 1.60. The van der Waals surface area contributed by atoms with Gasteiger partial charge in [0.1, 0.15) is 6.61 Å². The van der Waals surface area contributed by atoms with E-state index in [1.54, 1.807) is 6.08 Å². The number of ether oxygens (including phenoxy) is 3. The summed E-state index contributed by atoms with van der Waals surface area (Å²) in [5.41, 5.74) is 0. The third-order valence-corrected chi connectivity index (χ3v) is 1.64. The van der Waals surface area contributed by atoms with Crippen LogP contribution >= 0.6 is 0 Å². The molecule has 0 aliphatic carbocycles. The van der Waals surface area contributed by atoms with Crippen LogP contribution in [0.25, 0.3) is 0 Å². The average Bonchev–Trinajstić information content (AvgIpc) is 2.20. The number of hydrogen-bond donors (Lipinski definition) is 0. The summed E-state index contributed by atoms with van der Waals surface area (Å²) in [6.45, 7) is 9.98. The zero-order chi connectivity index (χ0) is 11.7. The highest BCUT2D eigenvalue weighted by Crippen LogP contribution is 1.97. The molecule has 0 heterocycles. The van der Waals surface area contributed by atoms with Crippen molar-refractivity contribution >= 4 is 5.97 Å². The van der Waals surface area contributed by atoms with Crippen LogP contribution in [-0.2, 0) is 19.0 Å². The Labute approximate surface area is 91.2 Å². The van der Waals surface area contributed by atoms with Crippen LogP contribution < -0.4 is 0 Å². The Balaban J connectivity index is 3.47. The summed E-state index contributed by atoms with van der Waals surface area (Å²) in [4.78, 5) is 10.5.